The van der Waals surface area contributed by atoms with Gasteiger partial charge < -0.3 is 15.5 Å². The van der Waals surface area contributed by atoms with Crippen LogP contribution in [0.5, 0.6) is 5.75 Å². The van der Waals surface area contributed by atoms with Crippen LogP contribution in [-0.4, -0.2) is 16.6 Å². The van der Waals surface area contributed by atoms with Gasteiger partial charge in [-0.2, -0.15) is 0 Å². The summed E-state index contributed by atoms with van der Waals surface area (Å²) in [5.74, 6) is 2.54. The number of nitrogens with one attached hydrogen (secondary N) is 1. The number of fused-ring (bicyclic) bond motifs is 1. The molecule has 1 heterocycles. The normalized spacial score (nSPS) is 37.1. The predicted octanol–water partition coefficient (Wildman–Crippen LogP) is 3.47. The van der Waals surface area contributed by atoms with Crippen LogP contribution in [0.25, 0.3) is 10.8 Å². The molecule has 4 fully saturated rings. The first-order valence-electron chi connectivity index (χ1n) is 8.77. The smallest absolute Gasteiger partial charge is 0.255 e. The number of ether oxygens (including phenoxy) is 1. The topological polar surface area (TPSA) is 68.1 Å². The molecule has 126 valence electrons. The van der Waals surface area contributed by atoms with Crippen molar-refractivity contribution in [2.75, 3.05) is 0 Å². The van der Waals surface area contributed by atoms with Crippen molar-refractivity contribution in [3.8, 4) is 5.75 Å². The zero-order valence-corrected chi connectivity index (χ0v) is 14.2. The van der Waals surface area contributed by atoms with Crippen molar-refractivity contribution in [2.45, 2.75) is 43.7 Å². The second-order valence-electron chi connectivity index (χ2n) is 8.09. The number of hydrogen-bond acceptors (Lipinski definition) is 3. The molecule has 4 aliphatic rings. The molecule has 2 aromatic rings. The van der Waals surface area contributed by atoms with Crippen molar-refractivity contribution in [3.63, 3.8) is 0 Å². The summed E-state index contributed by atoms with van der Waals surface area (Å²) >= 11 is 6.41. The maximum absolute atomic E-state index is 11.9. The van der Waals surface area contributed by atoms with Gasteiger partial charge in [0.25, 0.3) is 5.56 Å². The third kappa shape index (κ3) is 2.20. The average Bonchev–Trinajstić information content (AvgIpc) is 2.51. The van der Waals surface area contributed by atoms with Crippen LogP contribution in [0.1, 0.15) is 32.1 Å². The van der Waals surface area contributed by atoms with Gasteiger partial charge in [0, 0.05) is 17.1 Å². The van der Waals surface area contributed by atoms with Crippen LogP contribution in [0.3, 0.4) is 0 Å². The van der Waals surface area contributed by atoms with Crippen molar-refractivity contribution >= 4 is 22.4 Å². The molecule has 1 aromatic carbocycles. The van der Waals surface area contributed by atoms with Gasteiger partial charge in [0.05, 0.1) is 5.02 Å². The van der Waals surface area contributed by atoms with Gasteiger partial charge in [-0.15, -0.1) is 0 Å². The predicted molar refractivity (Wildman–Crippen MR) is 94.5 cm³/mol. The van der Waals surface area contributed by atoms with E-state index in [1.54, 1.807) is 12.3 Å². The maximum Gasteiger partial charge on any atom is 0.255 e. The van der Waals surface area contributed by atoms with Gasteiger partial charge in [0.15, 0.2) is 0 Å². The molecule has 1 aromatic heterocycles. The lowest BCUT2D eigenvalue weighted by Gasteiger charge is -2.58. The highest BCUT2D eigenvalue weighted by Crippen LogP contribution is 2.55. The van der Waals surface area contributed by atoms with Crippen molar-refractivity contribution in [1.29, 1.82) is 0 Å². The summed E-state index contributed by atoms with van der Waals surface area (Å²) in [6.45, 7) is 0. The summed E-state index contributed by atoms with van der Waals surface area (Å²) in [4.78, 5) is 14.6. The fourth-order valence-corrected chi connectivity index (χ4v) is 5.87. The first-order valence-corrected chi connectivity index (χ1v) is 9.15. The Morgan fingerprint density at radius 1 is 1.21 bits per heavy atom. The van der Waals surface area contributed by atoms with Gasteiger partial charge >= 0.3 is 0 Å². The van der Waals surface area contributed by atoms with E-state index in [9.17, 15) is 4.79 Å². The largest absolute Gasteiger partial charge is 0.488 e. The van der Waals surface area contributed by atoms with Gasteiger partial charge in [-0.05, 0) is 73.4 Å². The van der Waals surface area contributed by atoms with E-state index in [0.717, 1.165) is 24.1 Å². The number of aromatic amines is 1. The SMILES string of the molecule is N[C@]12CC3CC(C1)[C@@H](Oc1cc4cc[nH]c(=O)c4cc1Cl)C(C3)C2. The molecule has 2 atom stereocenters. The zero-order valence-electron chi connectivity index (χ0n) is 13.4. The van der Waals surface area contributed by atoms with Gasteiger partial charge in [-0.3, -0.25) is 4.79 Å². The van der Waals surface area contributed by atoms with Crippen LogP contribution in [0, 0.1) is 17.8 Å². The van der Waals surface area contributed by atoms with Gasteiger partial charge in [0.1, 0.15) is 11.9 Å². The number of H-pyrrole nitrogens is 1. The third-order valence-corrected chi connectivity index (χ3v) is 6.62. The van der Waals surface area contributed by atoms with Gasteiger partial charge in [-0.1, -0.05) is 11.6 Å². The number of halogens is 1. The van der Waals surface area contributed by atoms with Crippen LogP contribution >= 0.6 is 11.6 Å². The molecule has 0 amide bonds. The van der Waals surface area contributed by atoms with E-state index in [0.29, 0.717) is 28.0 Å². The fourth-order valence-electron chi connectivity index (χ4n) is 5.66. The molecule has 24 heavy (non-hydrogen) atoms. The quantitative estimate of drug-likeness (QED) is 0.876. The summed E-state index contributed by atoms with van der Waals surface area (Å²) in [6.07, 6.45) is 7.63. The summed E-state index contributed by atoms with van der Waals surface area (Å²) in [7, 11) is 0. The van der Waals surface area contributed by atoms with Crippen molar-refractivity contribution in [1.82, 2.24) is 4.98 Å². The van der Waals surface area contributed by atoms with E-state index in [-0.39, 0.29) is 17.2 Å². The van der Waals surface area contributed by atoms with E-state index >= 15 is 0 Å². The highest BCUT2D eigenvalue weighted by molar-refractivity contribution is 6.32. The van der Waals surface area contributed by atoms with E-state index in [2.05, 4.69) is 4.98 Å². The van der Waals surface area contributed by atoms with E-state index in [1.165, 1.54) is 19.3 Å². The van der Waals surface area contributed by atoms with Crippen LogP contribution in [0.15, 0.2) is 29.2 Å². The van der Waals surface area contributed by atoms with E-state index in [1.807, 2.05) is 12.1 Å². The molecule has 4 aliphatic carbocycles. The Hall–Kier alpha value is -1.52. The number of hydrogen-bond donors (Lipinski definition) is 2. The maximum atomic E-state index is 11.9. The van der Waals surface area contributed by atoms with Gasteiger partial charge in [0.2, 0.25) is 0 Å². The first kappa shape index (κ1) is 14.8. The van der Waals surface area contributed by atoms with E-state index < -0.39 is 0 Å². The lowest BCUT2D eigenvalue weighted by atomic mass is 9.52. The Bertz CT molecular complexity index is 861. The van der Waals surface area contributed by atoms with Crippen molar-refractivity contribution in [3.05, 3.63) is 39.8 Å². The number of rotatable bonds is 2. The van der Waals surface area contributed by atoms with Crippen LogP contribution in [-0.2, 0) is 0 Å². The van der Waals surface area contributed by atoms with Crippen LogP contribution in [0.2, 0.25) is 5.02 Å². The lowest BCUT2D eigenvalue weighted by Crippen LogP contribution is -2.62. The molecule has 4 nitrogen and oxygen atoms in total. The Balaban J connectivity index is 1.49. The van der Waals surface area contributed by atoms with Crippen molar-refractivity contribution < 1.29 is 4.74 Å². The average molecular weight is 345 g/mol. The molecule has 0 aliphatic heterocycles. The molecular weight excluding hydrogens is 324 g/mol. The summed E-state index contributed by atoms with van der Waals surface area (Å²) in [5.41, 5.74) is 6.49. The van der Waals surface area contributed by atoms with Gasteiger partial charge in [-0.25, -0.2) is 0 Å². The summed E-state index contributed by atoms with van der Waals surface area (Å²) < 4.78 is 6.42. The minimum Gasteiger partial charge on any atom is -0.488 e. The molecule has 2 unspecified atom stereocenters. The number of pyridine rings is 1. The lowest BCUT2D eigenvalue weighted by molar-refractivity contribution is -0.0894. The summed E-state index contributed by atoms with van der Waals surface area (Å²) in [6, 6.07) is 5.49. The highest BCUT2D eigenvalue weighted by Gasteiger charge is 2.54. The molecular formula is C19H21ClN2O2. The molecule has 4 saturated carbocycles. The monoisotopic (exact) mass is 344 g/mol. The Morgan fingerprint density at radius 3 is 2.67 bits per heavy atom. The Labute approximate surface area is 145 Å². The van der Waals surface area contributed by atoms with Crippen LogP contribution in [0.4, 0.5) is 0 Å². The molecule has 5 heteroatoms. The Morgan fingerprint density at radius 2 is 1.96 bits per heavy atom. The minimum absolute atomic E-state index is 0.0385. The highest BCUT2D eigenvalue weighted by atomic mass is 35.5. The second-order valence-corrected chi connectivity index (χ2v) is 8.50. The van der Waals surface area contributed by atoms with Crippen molar-refractivity contribution in [2.24, 2.45) is 23.5 Å². The molecule has 3 N–H and O–H groups in total. The zero-order chi connectivity index (χ0) is 16.5. The molecule has 4 bridgehead atoms. The summed E-state index contributed by atoms with van der Waals surface area (Å²) in [5, 5.41) is 1.97. The Kier molecular flexibility index (Phi) is 3.08. The number of nitrogens with two attached hydrogens (primary N) is 1. The van der Waals surface area contributed by atoms with E-state index in [4.69, 9.17) is 22.1 Å². The molecule has 0 radical (unpaired) electrons. The first-order chi connectivity index (χ1) is 11.5. The number of benzene rings is 1. The third-order valence-electron chi connectivity index (χ3n) is 6.32. The number of aromatic nitrogens is 1. The molecule has 6 rings (SSSR count). The molecule has 0 spiro atoms. The fraction of sp³-hybridized carbons (Fsp3) is 0.526. The minimum atomic E-state index is -0.124. The molecule has 0 saturated heterocycles. The standard InChI is InChI=1S/C19H21ClN2O2/c20-15-6-14-11(1-2-22-18(14)23)5-16(15)24-17-12-3-10-4-13(17)9-19(21,7-10)8-12/h1-2,5-6,10,12-13,17H,3-4,7-9,21H2,(H,22,23)/t10?,12?,13?,17-,19-. The van der Waals surface area contributed by atoms with Crippen LogP contribution < -0.4 is 16.0 Å². The second kappa shape index (κ2) is 4.99.